The van der Waals surface area contributed by atoms with Crippen LogP contribution in [0.25, 0.3) is 0 Å². The third kappa shape index (κ3) is 5.45. The number of carbonyl (C=O) groups is 1. The number of amides is 1. The maximum absolute atomic E-state index is 11.4. The van der Waals surface area contributed by atoms with E-state index in [1.54, 1.807) is 32.9 Å². The SMILES string of the molecule is CC(C)(C)OC(=O)NNCc1c(Cl)ccc(Cl)c1Cl. The van der Waals surface area contributed by atoms with Gasteiger partial charge in [0.2, 0.25) is 0 Å². The summed E-state index contributed by atoms with van der Waals surface area (Å²) < 4.78 is 5.06. The Morgan fingerprint density at radius 3 is 2.37 bits per heavy atom. The molecule has 0 aromatic heterocycles. The Balaban J connectivity index is 2.55. The van der Waals surface area contributed by atoms with Crippen LogP contribution in [0.5, 0.6) is 0 Å². The topological polar surface area (TPSA) is 50.4 Å². The molecule has 0 aliphatic carbocycles. The van der Waals surface area contributed by atoms with Gasteiger partial charge in [0.15, 0.2) is 0 Å². The molecule has 1 aromatic rings. The van der Waals surface area contributed by atoms with Gasteiger partial charge >= 0.3 is 6.09 Å². The number of hydrogen-bond donors (Lipinski definition) is 2. The van der Waals surface area contributed by atoms with E-state index in [9.17, 15) is 4.79 Å². The zero-order valence-electron chi connectivity index (χ0n) is 10.8. The second-order valence-electron chi connectivity index (χ2n) is 4.80. The number of carbonyl (C=O) groups excluding carboxylic acids is 1. The molecule has 0 unspecified atom stereocenters. The molecule has 0 atom stereocenters. The van der Waals surface area contributed by atoms with Crippen LogP contribution in [0, 0.1) is 0 Å². The predicted molar refractivity (Wildman–Crippen MR) is 77.7 cm³/mol. The maximum atomic E-state index is 11.4. The van der Waals surface area contributed by atoms with Crippen LogP contribution in [0.2, 0.25) is 15.1 Å². The standard InChI is InChI=1S/C12H15Cl3N2O2/c1-12(2,3)19-11(18)17-16-6-7-8(13)4-5-9(14)10(7)15/h4-5,16H,6H2,1-3H3,(H,17,18). The molecule has 0 spiro atoms. The molecule has 0 fully saturated rings. The van der Waals surface area contributed by atoms with Crippen LogP contribution in [0.1, 0.15) is 26.3 Å². The smallest absolute Gasteiger partial charge is 0.422 e. The lowest BCUT2D eigenvalue weighted by molar-refractivity contribution is 0.0497. The number of hydrazine groups is 1. The molecule has 0 aliphatic rings. The molecule has 0 heterocycles. The van der Waals surface area contributed by atoms with E-state index in [0.29, 0.717) is 20.6 Å². The minimum absolute atomic E-state index is 0.234. The zero-order valence-corrected chi connectivity index (χ0v) is 13.1. The van der Waals surface area contributed by atoms with Crippen LogP contribution in [-0.4, -0.2) is 11.7 Å². The van der Waals surface area contributed by atoms with Crippen molar-refractivity contribution in [2.24, 2.45) is 0 Å². The molecule has 1 aromatic carbocycles. The molecule has 7 heteroatoms. The van der Waals surface area contributed by atoms with Gasteiger partial charge in [-0.2, -0.15) is 0 Å². The molecule has 0 aliphatic heterocycles. The van der Waals surface area contributed by atoms with Crippen molar-refractivity contribution in [3.8, 4) is 0 Å². The summed E-state index contributed by atoms with van der Waals surface area (Å²) >= 11 is 17.9. The normalized spacial score (nSPS) is 11.3. The first-order valence-electron chi connectivity index (χ1n) is 5.55. The van der Waals surface area contributed by atoms with Crippen molar-refractivity contribution in [2.45, 2.75) is 32.9 Å². The molecule has 4 nitrogen and oxygen atoms in total. The lowest BCUT2D eigenvalue weighted by Gasteiger charge is -2.20. The molecule has 0 bridgehead atoms. The van der Waals surface area contributed by atoms with Gasteiger partial charge in [-0.1, -0.05) is 34.8 Å². The summed E-state index contributed by atoms with van der Waals surface area (Å²) in [5, 5.41) is 1.22. The Labute approximate surface area is 127 Å². The predicted octanol–water partition coefficient (Wildman–Crippen LogP) is 4.18. The maximum Gasteiger partial charge on any atom is 0.422 e. The fourth-order valence-corrected chi connectivity index (χ4v) is 1.92. The van der Waals surface area contributed by atoms with Gasteiger partial charge in [0.25, 0.3) is 0 Å². The Kier molecular flexibility index (Phi) is 5.74. The minimum atomic E-state index is -0.582. The summed E-state index contributed by atoms with van der Waals surface area (Å²) in [7, 11) is 0. The number of hydrogen-bond acceptors (Lipinski definition) is 3. The van der Waals surface area contributed by atoms with Crippen molar-refractivity contribution < 1.29 is 9.53 Å². The molecule has 19 heavy (non-hydrogen) atoms. The van der Waals surface area contributed by atoms with E-state index >= 15 is 0 Å². The first-order valence-corrected chi connectivity index (χ1v) is 6.68. The largest absolute Gasteiger partial charge is 0.443 e. The average molecular weight is 326 g/mol. The van der Waals surface area contributed by atoms with E-state index < -0.39 is 11.7 Å². The van der Waals surface area contributed by atoms with Crippen molar-refractivity contribution in [3.63, 3.8) is 0 Å². The van der Waals surface area contributed by atoms with Crippen LogP contribution < -0.4 is 10.9 Å². The van der Waals surface area contributed by atoms with Gasteiger partial charge in [-0.3, -0.25) is 5.43 Å². The highest BCUT2D eigenvalue weighted by atomic mass is 35.5. The van der Waals surface area contributed by atoms with Gasteiger partial charge in [0, 0.05) is 17.1 Å². The quantitative estimate of drug-likeness (QED) is 0.647. The van der Waals surface area contributed by atoms with Crippen LogP contribution in [-0.2, 0) is 11.3 Å². The Morgan fingerprint density at radius 2 is 1.79 bits per heavy atom. The van der Waals surface area contributed by atoms with Gasteiger partial charge in [0.05, 0.1) is 10.0 Å². The molecule has 0 saturated carbocycles. The first-order chi connectivity index (χ1) is 8.70. The molecule has 1 amide bonds. The van der Waals surface area contributed by atoms with E-state index in [0.717, 1.165) is 0 Å². The first kappa shape index (κ1) is 16.4. The summed E-state index contributed by atoms with van der Waals surface area (Å²) in [4.78, 5) is 11.4. The number of halogens is 3. The summed E-state index contributed by atoms with van der Waals surface area (Å²) in [6, 6.07) is 3.25. The molecular weight excluding hydrogens is 311 g/mol. The van der Waals surface area contributed by atoms with Gasteiger partial charge in [-0.05, 0) is 32.9 Å². The molecular formula is C12H15Cl3N2O2. The van der Waals surface area contributed by atoms with Crippen molar-refractivity contribution in [3.05, 3.63) is 32.8 Å². The number of nitrogens with one attached hydrogen (secondary N) is 2. The summed E-state index contributed by atoms with van der Waals surface area (Å²) in [6.07, 6.45) is -0.582. The van der Waals surface area contributed by atoms with Crippen LogP contribution in [0.3, 0.4) is 0 Å². The van der Waals surface area contributed by atoms with Gasteiger partial charge in [-0.25, -0.2) is 10.2 Å². The highest BCUT2D eigenvalue weighted by molar-refractivity contribution is 6.44. The highest BCUT2D eigenvalue weighted by Gasteiger charge is 2.16. The van der Waals surface area contributed by atoms with E-state index in [1.165, 1.54) is 0 Å². The van der Waals surface area contributed by atoms with E-state index in [2.05, 4.69) is 10.9 Å². The highest BCUT2D eigenvalue weighted by Crippen LogP contribution is 2.31. The molecule has 106 valence electrons. The van der Waals surface area contributed by atoms with Crippen molar-refractivity contribution >= 4 is 40.9 Å². The van der Waals surface area contributed by atoms with Gasteiger partial charge < -0.3 is 4.74 Å². The lowest BCUT2D eigenvalue weighted by atomic mass is 10.2. The van der Waals surface area contributed by atoms with E-state index in [-0.39, 0.29) is 6.54 Å². The summed E-state index contributed by atoms with van der Waals surface area (Å²) in [5.41, 5.74) is 5.12. The van der Waals surface area contributed by atoms with E-state index in [4.69, 9.17) is 39.5 Å². The number of benzene rings is 1. The average Bonchev–Trinajstić information content (AvgIpc) is 2.26. The second-order valence-corrected chi connectivity index (χ2v) is 5.99. The lowest BCUT2D eigenvalue weighted by Crippen LogP contribution is -2.40. The Hall–Kier alpha value is -0.680. The monoisotopic (exact) mass is 324 g/mol. The second kappa shape index (κ2) is 6.66. The molecule has 2 N–H and O–H groups in total. The van der Waals surface area contributed by atoms with Crippen molar-refractivity contribution in [2.75, 3.05) is 0 Å². The summed E-state index contributed by atoms with van der Waals surface area (Å²) in [6.45, 7) is 5.56. The fraction of sp³-hybridized carbons (Fsp3) is 0.417. The van der Waals surface area contributed by atoms with Crippen LogP contribution in [0.15, 0.2) is 12.1 Å². The number of rotatable bonds is 3. The third-order valence-corrected chi connectivity index (χ3v) is 3.19. The minimum Gasteiger partial charge on any atom is -0.443 e. The molecule has 1 rings (SSSR count). The van der Waals surface area contributed by atoms with Gasteiger partial charge in [-0.15, -0.1) is 0 Å². The Morgan fingerprint density at radius 1 is 1.21 bits per heavy atom. The van der Waals surface area contributed by atoms with Crippen LogP contribution in [0.4, 0.5) is 4.79 Å². The van der Waals surface area contributed by atoms with E-state index in [1.807, 2.05) is 0 Å². The zero-order chi connectivity index (χ0) is 14.6. The van der Waals surface area contributed by atoms with Gasteiger partial charge in [0.1, 0.15) is 5.60 Å². The number of ether oxygens (including phenoxy) is 1. The van der Waals surface area contributed by atoms with Crippen molar-refractivity contribution in [1.29, 1.82) is 0 Å². The third-order valence-electron chi connectivity index (χ3n) is 1.99. The van der Waals surface area contributed by atoms with Crippen LogP contribution >= 0.6 is 34.8 Å². The summed E-state index contributed by atoms with van der Waals surface area (Å²) in [5.74, 6) is 0. The van der Waals surface area contributed by atoms with Crippen molar-refractivity contribution in [1.82, 2.24) is 10.9 Å². The molecule has 0 radical (unpaired) electrons. The molecule has 0 saturated heterocycles. The fourth-order valence-electron chi connectivity index (χ4n) is 1.24. The Bertz CT molecular complexity index is 473.